The summed E-state index contributed by atoms with van der Waals surface area (Å²) in [6.45, 7) is 1.89. The van der Waals surface area contributed by atoms with Crippen LogP contribution in [0, 0.1) is 17.6 Å². The summed E-state index contributed by atoms with van der Waals surface area (Å²) in [5, 5.41) is 11.9. The van der Waals surface area contributed by atoms with Gasteiger partial charge in [0.15, 0.2) is 0 Å². The minimum Gasteiger partial charge on any atom is -0.395 e. The topological polar surface area (TPSA) is 87.3 Å². The Morgan fingerprint density at radius 2 is 1.96 bits per heavy atom. The Hall–Kier alpha value is -2.48. The number of rotatable bonds is 6. The third-order valence-corrected chi connectivity index (χ3v) is 4.20. The molecular formula is C17H21F2N5O. The molecule has 1 aromatic carbocycles. The lowest BCUT2D eigenvalue weighted by Crippen LogP contribution is -2.22. The molecule has 1 saturated heterocycles. The first-order chi connectivity index (χ1) is 12.0. The maximum atomic E-state index is 13.3. The highest BCUT2D eigenvalue weighted by Crippen LogP contribution is 2.27. The predicted octanol–water partition coefficient (Wildman–Crippen LogP) is 1.81. The van der Waals surface area contributed by atoms with Crippen molar-refractivity contribution in [3.63, 3.8) is 0 Å². The van der Waals surface area contributed by atoms with Gasteiger partial charge >= 0.3 is 0 Å². The van der Waals surface area contributed by atoms with Crippen LogP contribution in [0.4, 0.5) is 26.4 Å². The molecule has 1 unspecified atom stereocenters. The summed E-state index contributed by atoms with van der Waals surface area (Å²) in [4.78, 5) is 10.4. The Morgan fingerprint density at radius 1 is 1.20 bits per heavy atom. The van der Waals surface area contributed by atoms with Crippen LogP contribution in [0.2, 0.25) is 0 Å². The van der Waals surface area contributed by atoms with Crippen LogP contribution in [0.3, 0.4) is 0 Å². The van der Waals surface area contributed by atoms with Gasteiger partial charge in [-0.2, -0.15) is 9.97 Å². The maximum absolute atomic E-state index is 13.3. The standard InChI is InChI=1S/C17H21F2N5O/c18-13-6-12(7-14(19)8-13)5-11-1-3-24(10-11)16-9-15(21-2-4-25)22-17(20)23-16/h6-9,11,25H,1-5,10H2,(H3,20,21,22,23). The molecule has 1 aromatic heterocycles. The van der Waals surface area contributed by atoms with Crippen molar-refractivity contribution >= 4 is 17.6 Å². The zero-order valence-electron chi connectivity index (χ0n) is 13.8. The van der Waals surface area contributed by atoms with Crippen LogP contribution >= 0.6 is 0 Å². The summed E-state index contributed by atoms with van der Waals surface area (Å²) >= 11 is 0. The van der Waals surface area contributed by atoms with Crippen LogP contribution in [-0.4, -0.2) is 41.3 Å². The highest BCUT2D eigenvalue weighted by atomic mass is 19.1. The number of aromatic nitrogens is 2. The van der Waals surface area contributed by atoms with E-state index in [9.17, 15) is 8.78 Å². The molecule has 1 fully saturated rings. The number of nitrogen functional groups attached to an aromatic ring is 1. The van der Waals surface area contributed by atoms with E-state index in [-0.39, 0.29) is 18.5 Å². The van der Waals surface area contributed by atoms with E-state index in [1.165, 1.54) is 12.1 Å². The summed E-state index contributed by atoms with van der Waals surface area (Å²) < 4.78 is 26.7. The number of hydrogen-bond donors (Lipinski definition) is 3. The highest BCUT2D eigenvalue weighted by Gasteiger charge is 2.24. The molecule has 2 heterocycles. The molecule has 8 heteroatoms. The Kier molecular flexibility index (Phi) is 5.28. The van der Waals surface area contributed by atoms with E-state index in [0.29, 0.717) is 30.2 Å². The number of nitrogens with one attached hydrogen (secondary N) is 1. The molecule has 2 aromatic rings. The van der Waals surface area contributed by atoms with Gasteiger partial charge in [0.05, 0.1) is 6.61 Å². The quantitative estimate of drug-likeness (QED) is 0.737. The fraction of sp³-hybridized carbons (Fsp3) is 0.412. The third kappa shape index (κ3) is 4.54. The smallest absolute Gasteiger partial charge is 0.223 e. The first-order valence-electron chi connectivity index (χ1n) is 8.22. The summed E-state index contributed by atoms with van der Waals surface area (Å²) in [6, 6.07) is 5.43. The van der Waals surface area contributed by atoms with Gasteiger partial charge in [-0.05, 0) is 36.5 Å². The number of benzene rings is 1. The second kappa shape index (κ2) is 7.60. The molecule has 1 aliphatic heterocycles. The number of aliphatic hydroxyl groups excluding tert-OH is 1. The number of hydrogen-bond acceptors (Lipinski definition) is 6. The minimum absolute atomic E-state index is 0.00474. The molecular weight excluding hydrogens is 328 g/mol. The van der Waals surface area contributed by atoms with E-state index in [0.717, 1.165) is 25.6 Å². The summed E-state index contributed by atoms with van der Waals surface area (Å²) in [6.07, 6.45) is 1.52. The van der Waals surface area contributed by atoms with Crippen molar-refractivity contribution in [2.24, 2.45) is 5.92 Å². The third-order valence-electron chi connectivity index (χ3n) is 4.20. The van der Waals surface area contributed by atoms with Crippen LogP contribution in [0.5, 0.6) is 0 Å². The molecule has 0 amide bonds. The Morgan fingerprint density at radius 3 is 2.68 bits per heavy atom. The van der Waals surface area contributed by atoms with E-state index in [4.69, 9.17) is 10.8 Å². The van der Waals surface area contributed by atoms with Crippen molar-refractivity contribution in [3.8, 4) is 0 Å². The van der Waals surface area contributed by atoms with Crippen molar-refractivity contribution < 1.29 is 13.9 Å². The first kappa shape index (κ1) is 17.3. The van der Waals surface area contributed by atoms with Gasteiger partial charge in [-0.3, -0.25) is 0 Å². The molecule has 0 saturated carbocycles. The molecule has 3 rings (SSSR count). The van der Waals surface area contributed by atoms with Gasteiger partial charge in [0.25, 0.3) is 0 Å². The number of anilines is 3. The average molecular weight is 349 g/mol. The van der Waals surface area contributed by atoms with Crippen LogP contribution in [-0.2, 0) is 6.42 Å². The Labute approximate surface area is 144 Å². The summed E-state index contributed by atoms with van der Waals surface area (Å²) in [5.41, 5.74) is 6.42. The molecule has 0 aliphatic carbocycles. The molecule has 0 bridgehead atoms. The van der Waals surface area contributed by atoms with Gasteiger partial charge < -0.3 is 21.1 Å². The number of aliphatic hydroxyl groups is 1. The van der Waals surface area contributed by atoms with Crippen molar-refractivity contribution in [1.82, 2.24) is 9.97 Å². The van der Waals surface area contributed by atoms with Crippen molar-refractivity contribution in [2.75, 3.05) is 42.2 Å². The monoisotopic (exact) mass is 349 g/mol. The van der Waals surface area contributed by atoms with Crippen molar-refractivity contribution in [3.05, 3.63) is 41.5 Å². The van der Waals surface area contributed by atoms with E-state index in [2.05, 4.69) is 20.2 Å². The van der Waals surface area contributed by atoms with E-state index in [1.54, 1.807) is 6.07 Å². The molecule has 25 heavy (non-hydrogen) atoms. The second-order valence-corrected chi connectivity index (χ2v) is 6.20. The number of nitrogens with two attached hydrogens (primary N) is 1. The number of halogens is 2. The lowest BCUT2D eigenvalue weighted by atomic mass is 9.98. The zero-order valence-corrected chi connectivity index (χ0v) is 13.8. The minimum atomic E-state index is -0.548. The maximum Gasteiger partial charge on any atom is 0.223 e. The average Bonchev–Trinajstić information content (AvgIpc) is 3.00. The van der Waals surface area contributed by atoms with Gasteiger partial charge in [-0.1, -0.05) is 0 Å². The Bertz CT molecular complexity index is 723. The van der Waals surface area contributed by atoms with Crippen molar-refractivity contribution in [1.29, 1.82) is 0 Å². The normalized spacial score (nSPS) is 17.1. The van der Waals surface area contributed by atoms with Gasteiger partial charge in [-0.25, -0.2) is 8.78 Å². The first-order valence-corrected chi connectivity index (χ1v) is 8.22. The fourth-order valence-electron chi connectivity index (χ4n) is 3.16. The van der Waals surface area contributed by atoms with E-state index < -0.39 is 11.6 Å². The van der Waals surface area contributed by atoms with Gasteiger partial charge in [0.2, 0.25) is 5.95 Å². The van der Waals surface area contributed by atoms with Crippen LogP contribution in [0.25, 0.3) is 0 Å². The SMILES string of the molecule is Nc1nc(NCCO)cc(N2CCC(Cc3cc(F)cc(F)c3)C2)n1. The van der Waals surface area contributed by atoms with Gasteiger partial charge in [-0.15, -0.1) is 0 Å². The zero-order chi connectivity index (χ0) is 17.8. The second-order valence-electron chi connectivity index (χ2n) is 6.20. The molecule has 134 valence electrons. The van der Waals surface area contributed by atoms with Crippen LogP contribution < -0.4 is 16.0 Å². The van der Waals surface area contributed by atoms with Crippen molar-refractivity contribution in [2.45, 2.75) is 12.8 Å². The number of nitrogens with zero attached hydrogens (tertiary/aromatic N) is 3. The lowest BCUT2D eigenvalue weighted by molar-refractivity contribution is 0.311. The largest absolute Gasteiger partial charge is 0.395 e. The molecule has 4 N–H and O–H groups in total. The fourth-order valence-corrected chi connectivity index (χ4v) is 3.16. The molecule has 0 spiro atoms. The lowest BCUT2D eigenvalue weighted by Gasteiger charge is -2.19. The molecule has 6 nitrogen and oxygen atoms in total. The van der Waals surface area contributed by atoms with Gasteiger partial charge in [0, 0.05) is 31.8 Å². The summed E-state index contributed by atoms with van der Waals surface area (Å²) in [5.74, 6) is 0.619. The predicted molar refractivity (Wildman–Crippen MR) is 92.4 cm³/mol. The van der Waals surface area contributed by atoms with Gasteiger partial charge in [0.1, 0.15) is 23.3 Å². The van der Waals surface area contributed by atoms with Crippen LogP contribution in [0.15, 0.2) is 24.3 Å². The Balaban J connectivity index is 1.67. The van der Waals surface area contributed by atoms with Crippen LogP contribution in [0.1, 0.15) is 12.0 Å². The highest BCUT2D eigenvalue weighted by molar-refractivity contribution is 5.53. The van der Waals surface area contributed by atoms with E-state index in [1.807, 2.05) is 0 Å². The molecule has 1 atom stereocenters. The molecule has 0 radical (unpaired) electrons. The molecule has 1 aliphatic rings. The van der Waals surface area contributed by atoms with E-state index >= 15 is 0 Å². The summed E-state index contributed by atoms with van der Waals surface area (Å²) in [7, 11) is 0.